The van der Waals surface area contributed by atoms with E-state index in [1.54, 1.807) is 24.3 Å². The first kappa shape index (κ1) is 12.6. The molecule has 0 fully saturated rings. The van der Waals surface area contributed by atoms with Crippen LogP contribution in [0.5, 0.6) is 0 Å². The van der Waals surface area contributed by atoms with Crippen LogP contribution in [0.15, 0.2) is 36.4 Å². The average molecular weight is 260 g/mol. The van der Waals surface area contributed by atoms with E-state index >= 15 is 0 Å². The molecule has 0 aliphatic carbocycles. The van der Waals surface area contributed by atoms with Crippen molar-refractivity contribution in [2.24, 2.45) is 7.05 Å². The molecule has 2 rings (SSSR count). The molecule has 1 heterocycles. The van der Waals surface area contributed by atoms with Gasteiger partial charge in [-0.3, -0.25) is 4.79 Å². The van der Waals surface area contributed by atoms with Crippen LogP contribution < -0.4 is 11.1 Å². The fourth-order valence-corrected chi connectivity index (χ4v) is 1.72. The normalized spacial score (nSPS) is 10.2. The quantitative estimate of drug-likeness (QED) is 0.498. The third kappa shape index (κ3) is 2.54. The predicted molar refractivity (Wildman–Crippen MR) is 70.9 cm³/mol. The summed E-state index contributed by atoms with van der Waals surface area (Å²) in [6, 6.07) is 9.39. The number of carbonyl (C=O) groups is 1. The van der Waals surface area contributed by atoms with Crippen LogP contribution in [-0.2, 0) is 7.05 Å². The molecule has 98 valence electrons. The highest BCUT2D eigenvalue weighted by molar-refractivity contribution is 6.03. The summed E-state index contributed by atoms with van der Waals surface area (Å²) in [6.07, 6.45) is 0. The maximum atomic E-state index is 12.0. The summed E-state index contributed by atoms with van der Waals surface area (Å²) in [4.78, 5) is 22.1. The number of hydrogen-bond acceptors (Lipinski definition) is 4. The van der Waals surface area contributed by atoms with E-state index < -0.39 is 10.8 Å². The number of aromatic nitrogens is 1. The second-order valence-electron chi connectivity index (χ2n) is 3.97. The number of nitrogen functional groups attached to an aromatic ring is 1. The monoisotopic (exact) mass is 260 g/mol. The van der Waals surface area contributed by atoms with Gasteiger partial charge in [-0.25, -0.2) is 4.57 Å². The van der Waals surface area contributed by atoms with Gasteiger partial charge in [-0.15, -0.1) is 0 Å². The number of hydrogen-bond donors (Lipinski definition) is 2. The van der Waals surface area contributed by atoms with E-state index in [9.17, 15) is 14.9 Å². The molecule has 0 aliphatic heterocycles. The SMILES string of the molecule is Cn1c(C(=O)Nc2cccc(N)c2)ccc1[N+](=O)[O-]. The zero-order chi connectivity index (χ0) is 14.0. The first-order chi connectivity index (χ1) is 8.99. The molecule has 3 N–H and O–H groups in total. The molecule has 2 aromatic rings. The molecule has 1 amide bonds. The zero-order valence-electron chi connectivity index (χ0n) is 10.2. The lowest BCUT2D eigenvalue weighted by molar-refractivity contribution is -0.391. The second-order valence-corrected chi connectivity index (χ2v) is 3.97. The Bertz CT molecular complexity index is 648. The van der Waals surface area contributed by atoms with Gasteiger partial charge in [0.25, 0.3) is 5.91 Å². The molecule has 0 saturated carbocycles. The van der Waals surface area contributed by atoms with Crippen molar-refractivity contribution >= 4 is 23.1 Å². The smallest absolute Gasteiger partial charge is 0.323 e. The van der Waals surface area contributed by atoms with E-state index in [2.05, 4.69) is 5.32 Å². The van der Waals surface area contributed by atoms with Crippen LogP contribution in [0.2, 0.25) is 0 Å². The summed E-state index contributed by atoms with van der Waals surface area (Å²) < 4.78 is 1.22. The van der Waals surface area contributed by atoms with Gasteiger partial charge >= 0.3 is 5.82 Å². The summed E-state index contributed by atoms with van der Waals surface area (Å²) >= 11 is 0. The van der Waals surface area contributed by atoms with Gasteiger partial charge in [0.1, 0.15) is 0 Å². The van der Waals surface area contributed by atoms with E-state index in [1.165, 1.54) is 23.7 Å². The van der Waals surface area contributed by atoms with Crippen molar-refractivity contribution in [1.82, 2.24) is 4.57 Å². The van der Waals surface area contributed by atoms with E-state index in [4.69, 9.17) is 5.73 Å². The van der Waals surface area contributed by atoms with E-state index in [0.29, 0.717) is 11.4 Å². The number of nitrogens with zero attached hydrogens (tertiary/aromatic N) is 2. The van der Waals surface area contributed by atoms with Crippen molar-refractivity contribution in [3.05, 3.63) is 52.2 Å². The van der Waals surface area contributed by atoms with Gasteiger partial charge in [0.05, 0.1) is 7.05 Å². The molecule has 0 saturated heterocycles. The van der Waals surface area contributed by atoms with Crippen LogP contribution >= 0.6 is 0 Å². The Morgan fingerprint density at radius 2 is 2.11 bits per heavy atom. The van der Waals surface area contributed by atoms with Crippen molar-refractivity contribution in [1.29, 1.82) is 0 Å². The Balaban J connectivity index is 2.23. The minimum Gasteiger partial charge on any atom is -0.399 e. The summed E-state index contributed by atoms with van der Waals surface area (Å²) in [5, 5.41) is 13.3. The standard InChI is InChI=1S/C12H12N4O3/c1-15-10(5-6-11(15)16(18)19)12(17)14-9-4-2-3-8(13)7-9/h2-7H,13H2,1H3,(H,14,17). The average Bonchev–Trinajstić information content (AvgIpc) is 2.71. The number of nitrogens with one attached hydrogen (secondary N) is 1. The molecule has 7 heteroatoms. The molecule has 7 nitrogen and oxygen atoms in total. The minimum absolute atomic E-state index is 0.141. The van der Waals surface area contributed by atoms with Crippen LogP contribution in [0.25, 0.3) is 0 Å². The van der Waals surface area contributed by atoms with Crippen LogP contribution in [-0.4, -0.2) is 15.4 Å². The highest BCUT2D eigenvalue weighted by Crippen LogP contribution is 2.17. The van der Waals surface area contributed by atoms with Gasteiger partial charge in [-0.2, -0.15) is 0 Å². The molecule has 19 heavy (non-hydrogen) atoms. The fraction of sp³-hybridized carbons (Fsp3) is 0.0833. The van der Waals surface area contributed by atoms with Crippen molar-refractivity contribution in [3.63, 3.8) is 0 Å². The summed E-state index contributed by atoms with van der Waals surface area (Å²) in [7, 11) is 1.46. The molecule has 1 aromatic carbocycles. The van der Waals surface area contributed by atoms with E-state index in [0.717, 1.165) is 0 Å². The molecular weight excluding hydrogens is 248 g/mol. The van der Waals surface area contributed by atoms with Crippen LogP contribution in [0.1, 0.15) is 10.5 Å². The number of nitro groups is 1. The third-order valence-electron chi connectivity index (χ3n) is 2.66. The molecule has 0 bridgehead atoms. The maximum absolute atomic E-state index is 12.0. The first-order valence-electron chi connectivity index (χ1n) is 5.46. The van der Waals surface area contributed by atoms with Crippen molar-refractivity contribution in [3.8, 4) is 0 Å². The Hall–Kier alpha value is -2.83. The van der Waals surface area contributed by atoms with E-state index in [1.807, 2.05) is 0 Å². The van der Waals surface area contributed by atoms with Gasteiger partial charge in [0.15, 0.2) is 5.69 Å². The number of benzene rings is 1. The largest absolute Gasteiger partial charge is 0.399 e. The van der Waals surface area contributed by atoms with Crippen LogP contribution in [0, 0.1) is 10.1 Å². The number of amides is 1. The van der Waals surface area contributed by atoms with Gasteiger partial charge in [-0.05, 0) is 29.2 Å². The van der Waals surface area contributed by atoms with Crippen molar-refractivity contribution in [2.45, 2.75) is 0 Å². The maximum Gasteiger partial charge on any atom is 0.323 e. The Morgan fingerprint density at radius 3 is 2.68 bits per heavy atom. The van der Waals surface area contributed by atoms with Gasteiger partial charge in [0.2, 0.25) is 0 Å². The highest BCUT2D eigenvalue weighted by Gasteiger charge is 2.20. The third-order valence-corrected chi connectivity index (χ3v) is 2.66. The Labute approximate surface area is 108 Å². The van der Waals surface area contributed by atoms with E-state index in [-0.39, 0.29) is 11.5 Å². The second kappa shape index (κ2) is 4.81. The molecule has 0 atom stereocenters. The van der Waals surface area contributed by atoms with Gasteiger partial charge in [-0.1, -0.05) is 6.07 Å². The molecular formula is C12H12N4O3. The number of carbonyl (C=O) groups excluding carboxylic acids is 1. The molecule has 0 spiro atoms. The number of anilines is 2. The summed E-state index contributed by atoms with van der Waals surface area (Å²) in [5.74, 6) is -0.570. The summed E-state index contributed by atoms with van der Waals surface area (Å²) in [6.45, 7) is 0. The lowest BCUT2D eigenvalue weighted by atomic mass is 10.2. The predicted octanol–water partition coefficient (Wildman–Crippen LogP) is 1.77. The van der Waals surface area contributed by atoms with Crippen LogP contribution in [0.3, 0.4) is 0 Å². The van der Waals surface area contributed by atoms with Crippen molar-refractivity contribution < 1.29 is 9.72 Å². The number of nitrogens with two attached hydrogens (primary N) is 1. The van der Waals surface area contributed by atoms with Crippen molar-refractivity contribution in [2.75, 3.05) is 11.1 Å². The Kier molecular flexibility index (Phi) is 3.19. The first-order valence-corrected chi connectivity index (χ1v) is 5.46. The fourth-order valence-electron chi connectivity index (χ4n) is 1.72. The van der Waals surface area contributed by atoms with Gasteiger partial charge < -0.3 is 21.2 Å². The minimum atomic E-state index is -0.544. The lowest BCUT2D eigenvalue weighted by Gasteiger charge is -2.04. The zero-order valence-corrected chi connectivity index (χ0v) is 10.2. The molecule has 1 aromatic heterocycles. The molecule has 0 radical (unpaired) electrons. The molecule has 0 unspecified atom stereocenters. The molecule has 0 aliphatic rings. The number of rotatable bonds is 3. The Morgan fingerprint density at radius 1 is 1.37 bits per heavy atom. The topological polar surface area (TPSA) is 103 Å². The summed E-state index contributed by atoms with van der Waals surface area (Å²) in [5.41, 5.74) is 6.86. The van der Waals surface area contributed by atoms with Gasteiger partial charge in [0, 0.05) is 17.4 Å². The highest BCUT2D eigenvalue weighted by atomic mass is 16.6. The lowest BCUT2D eigenvalue weighted by Crippen LogP contribution is -2.16. The van der Waals surface area contributed by atoms with Crippen LogP contribution in [0.4, 0.5) is 17.2 Å².